The predicted octanol–water partition coefficient (Wildman–Crippen LogP) is 3.14. The third-order valence-electron chi connectivity index (χ3n) is 3.96. The highest BCUT2D eigenvalue weighted by molar-refractivity contribution is 5.89. The summed E-state index contributed by atoms with van der Waals surface area (Å²) in [6.07, 6.45) is 4.25. The van der Waals surface area contributed by atoms with E-state index in [1.807, 2.05) is 18.2 Å². The molecule has 0 radical (unpaired) electrons. The first-order valence-corrected chi connectivity index (χ1v) is 6.49. The highest BCUT2D eigenvalue weighted by atomic mass is 16.5. The number of rotatable bonds is 1. The van der Waals surface area contributed by atoms with E-state index in [9.17, 15) is 4.79 Å². The van der Waals surface area contributed by atoms with Gasteiger partial charge in [-0.1, -0.05) is 26.0 Å². The normalized spacial score (nSPS) is 29.0. The summed E-state index contributed by atoms with van der Waals surface area (Å²) in [6, 6.07) is 6.46. The minimum absolute atomic E-state index is 0.134. The summed E-state index contributed by atoms with van der Waals surface area (Å²) in [5.41, 5.74) is 3.30. The number of hydrogen-bond acceptors (Lipinski definition) is 3. The first-order valence-electron chi connectivity index (χ1n) is 6.49. The fourth-order valence-corrected chi connectivity index (χ4v) is 2.94. The van der Waals surface area contributed by atoms with Gasteiger partial charge in [-0.2, -0.15) is 0 Å². The lowest BCUT2D eigenvalue weighted by molar-refractivity contribution is -0.146. The van der Waals surface area contributed by atoms with E-state index in [0.717, 1.165) is 23.2 Å². The quantitative estimate of drug-likeness (QED) is 0.770. The van der Waals surface area contributed by atoms with Crippen LogP contribution in [0.3, 0.4) is 0 Å². The second kappa shape index (κ2) is 4.16. The number of nitrogens with one attached hydrogen (secondary N) is 1. The fraction of sp³-hybridized carbons (Fsp3) is 0.400. The Labute approximate surface area is 107 Å². The zero-order chi connectivity index (χ0) is 12.7. The minimum Gasteiger partial charge on any atom is -0.454 e. The highest BCUT2D eigenvalue weighted by Gasteiger charge is 2.37. The summed E-state index contributed by atoms with van der Waals surface area (Å²) in [4.78, 5) is 11.7. The van der Waals surface area contributed by atoms with E-state index in [1.165, 1.54) is 6.08 Å². The molecule has 0 saturated heterocycles. The molecule has 3 heteroatoms. The van der Waals surface area contributed by atoms with Crippen LogP contribution in [0.5, 0.6) is 0 Å². The largest absolute Gasteiger partial charge is 0.454 e. The van der Waals surface area contributed by atoms with Gasteiger partial charge < -0.3 is 10.1 Å². The van der Waals surface area contributed by atoms with Crippen molar-refractivity contribution >= 4 is 17.7 Å². The van der Waals surface area contributed by atoms with Gasteiger partial charge in [0.15, 0.2) is 0 Å². The van der Waals surface area contributed by atoms with Crippen molar-refractivity contribution in [3.63, 3.8) is 0 Å². The molecule has 0 amide bonds. The van der Waals surface area contributed by atoms with Crippen LogP contribution in [0.4, 0.5) is 5.69 Å². The van der Waals surface area contributed by atoms with Gasteiger partial charge in [0, 0.05) is 29.3 Å². The average molecular weight is 243 g/mol. The molecule has 2 aliphatic heterocycles. The molecule has 1 aromatic rings. The number of esters is 1. The molecule has 3 atom stereocenters. The van der Waals surface area contributed by atoms with Gasteiger partial charge in [0.1, 0.15) is 6.10 Å². The van der Waals surface area contributed by atoms with Gasteiger partial charge in [-0.25, -0.2) is 4.79 Å². The second-order valence-electron chi connectivity index (χ2n) is 5.02. The summed E-state index contributed by atoms with van der Waals surface area (Å²) in [5.74, 6) is 0.0400. The zero-order valence-corrected chi connectivity index (χ0v) is 10.6. The van der Waals surface area contributed by atoms with E-state index in [-0.39, 0.29) is 18.0 Å². The van der Waals surface area contributed by atoms with Crippen LogP contribution in [0.2, 0.25) is 0 Å². The van der Waals surface area contributed by atoms with Gasteiger partial charge >= 0.3 is 5.97 Å². The molecule has 0 aromatic heterocycles. The molecule has 0 bridgehead atoms. The van der Waals surface area contributed by atoms with Crippen molar-refractivity contribution in [2.24, 2.45) is 5.92 Å². The average Bonchev–Trinajstić information content (AvgIpc) is 2.55. The smallest absolute Gasteiger partial charge is 0.331 e. The van der Waals surface area contributed by atoms with Crippen molar-refractivity contribution in [2.45, 2.75) is 32.4 Å². The van der Waals surface area contributed by atoms with Crippen molar-refractivity contribution in [1.82, 2.24) is 0 Å². The van der Waals surface area contributed by atoms with E-state index >= 15 is 0 Å². The Balaban J connectivity index is 2.15. The van der Waals surface area contributed by atoms with Gasteiger partial charge in [-0.05, 0) is 24.1 Å². The number of benzene rings is 1. The molecule has 0 spiro atoms. The van der Waals surface area contributed by atoms with Crippen LogP contribution in [0.15, 0.2) is 24.3 Å². The fourth-order valence-electron chi connectivity index (χ4n) is 2.94. The van der Waals surface area contributed by atoms with Crippen molar-refractivity contribution in [3.8, 4) is 0 Å². The van der Waals surface area contributed by atoms with Crippen molar-refractivity contribution < 1.29 is 9.53 Å². The van der Waals surface area contributed by atoms with Gasteiger partial charge in [-0.3, -0.25) is 0 Å². The van der Waals surface area contributed by atoms with Gasteiger partial charge in [0.25, 0.3) is 0 Å². The van der Waals surface area contributed by atoms with Crippen molar-refractivity contribution in [1.29, 1.82) is 0 Å². The second-order valence-corrected chi connectivity index (χ2v) is 5.02. The van der Waals surface area contributed by atoms with E-state index in [0.29, 0.717) is 6.04 Å². The van der Waals surface area contributed by atoms with E-state index in [2.05, 4.69) is 25.2 Å². The number of ether oxygens (including phenoxy) is 1. The molecular weight excluding hydrogens is 226 g/mol. The Morgan fingerprint density at radius 1 is 1.33 bits per heavy atom. The summed E-state index contributed by atoms with van der Waals surface area (Å²) in [6.45, 7) is 4.30. The van der Waals surface area contributed by atoms with Crippen LogP contribution in [-0.4, -0.2) is 12.0 Å². The third kappa shape index (κ3) is 1.62. The van der Waals surface area contributed by atoms with E-state index in [4.69, 9.17) is 4.74 Å². The SMILES string of the molecule is CC[C@@H]1Nc2cccc3c2[C@@H](OC(=O)C=C3)[C@H]1C. The molecule has 94 valence electrons. The molecule has 3 rings (SSSR count). The van der Waals surface area contributed by atoms with E-state index in [1.54, 1.807) is 0 Å². The predicted molar refractivity (Wildman–Crippen MR) is 71.2 cm³/mol. The lowest BCUT2D eigenvalue weighted by Crippen LogP contribution is -2.37. The molecule has 1 aromatic carbocycles. The number of carbonyl (C=O) groups excluding carboxylic acids is 1. The molecule has 0 fully saturated rings. The first kappa shape index (κ1) is 11.3. The summed E-state index contributed by atoms with van der Waals surface area (Å²) < 4.78 is 5.60. The van der Waals surface area contributed by atoms with Gasteiger partial charge in [0.2, 0.25) is 0 Å². The molecule has 3 nitrogen and oxygen atoms in total. The van der Waals surface area contributed by atoms with Crippen LogP contribution in [0, 0.1) is 5.92 Å². The first-order chi connectivity index (χ1) is 8.70. The Hall–Kier alpha value is -1.77. The maximum absolute atomic E-state index is 11.7. The van der Waals surface area contributed by atoms with Gasteiger partial charge in [-0.15, -0.1) is 0 Å². The Bertz CT molecular complexity index is 521. The Morgan fingerprint density at radius 3 is 2.94 bits per heavy atom. The van der Waals surface area contributed by atoms with Crippen LogP contribution < -0.4 is 5.32 Å². The monoisotopic (exact) mass is 243 g/mol. The number of anilines is 1. The number of hydrogen-bond donors (Lipinski definition) is 1. The molecule has 0 aliphatic carbocycles. The molecule has 2 aliphatic rings. The van der Waals surface area contributed by atoms with Crippen LogP contribution >= 0.6 is 0 Å². The molecule has 1 N–H and O–H groups in total. The third-order valence-corrected chi connectivity index (χ3v) is 3.96. The van der Waals surface area contributed by atoms with E-state index < -0.39 is 0 Å². The molecular formula is C15H17NO2. The molecule has 2 heterocycles. The zero-order valence-electron chi connectivity index (χ0n) is 10.6. The lowest BCUT2D eigenvalue weighted by Gasteiger charge is -2.38. The summed E-state index contributed by atoms with van der Waals surface area (Å²) in [5, 5.41) is 3.55. The number of carbonyl (C=O) groups is 1. The maximum atomic E-state index is 11.7. The van der Waals surface area contributed by atoms with Crippen LogP contribution in [0.25, 0.3) is 6.08 Å². The standard InChI is InChI=1S/C15H17NO2/c1-3-11-9(2)15-14-10(7-8-13(17)18-15)5-4-6-12(14)16-11/h4-9,11,15-16H,3H2,1-2H3/t9-,11-,15-/m0/s1. The summed E-state index contributed by atoms with van der Waals surface area (Å²) >= 11 is 0. The van der Waals surface area contributed by atoms with Crippen LogP contribution in [0.1, 0.15) is 37.5 Å². The van der Waals surface area contributed by atoms with Crippen molar-refractivity contribution in [3.05, 3.63) is 35.4 Å². The van der Waals surface area contributed by atoms with Crippen LogP contribution in [-0.2, 0) is 9.53 Å². The Kier molecular flexibility index (Phi) is 2.62. The molecule has 18 heavy (non-hydrogen) atoms. The minimum atomic E-state index is -0.245. The lowest BCUT2D eigenvalue weighted by atomic mass is 9.82. The van der Waals surface area contributed by atoms with Crippen molar-refractivity contribution in [2.75, 3.05) is 5.32 Å². The summed E-state index contributed by atoms with van der Waals surface area (Å²) in [7, 11) is 0. The highest BCUT2D eigenvalue weighted by Crippen LogP contribution is 2.43. The maximum Gasteiger partial charge on any atom is 0.331 e. The topological polar surface area (TPSA) is 38.3 Å². The van der Waals surface area contributed by atoms with Gasteiger partial charge in [0.05, 0.1) is 0 Å². The molecule has 0 unspecified atom stereocenters. The Morgan fingerprint density at radius 2 is 2.17 bits per heavy atom. The molecule has 0 saturated carbocycles.